The van der Waals surface area contributed by atoms with Gasteiger partial charge in [-0.05, 0) is 43.5 Å². The van der Waals surface area contributed by atoms with Crippen molar-refractivity contribution in [2.24, 2.45) is 0 Å². The Kier molecular flexibility index (Phi) is 4.33. The van der Waals surface area contributed by atoms with Gasteiger partial charge in [-0.2, -0.15) is 0 Å². The first-order valence-corrected chi connectivity index (χ1v) is 7.54. The molecule has 4 heteroatoms. The molecule has 0 atom stereocenters. The monoisotopic (exact) mass is 329 g/mol. The molecule has 0 radical (unpaired) electrons. The molecule has 1 fully saturated rings. The van der Waals surface area contributed by atoms with Gasteiger partial charge in [-0.3, -0.25) is 4.79 Å². The lowest BCUT2D eigenvalue weighted by Gasteiger charge is -2.28. The maximum absolute atomic E-state index is 12.3. The first kappa shape index (κ1) is 13.9. The van der Waals surface area contributed by atoms with Crippen LogP contribution in [0.3, 0.4) is 0 Å². The number of alkyl halides is 1. The first-order valence-electron chi connectivity index (χ1n) is 6.21. The minimum Gasteiger partial charge on any atom is -0.345 e. The summed E-state index contributed by atoms with van der Waals surface area (Å²) in [7, 11) is 0. The Bertz CT molecular complexity index is 455. The van der Waals surface area contributed by atoms with E-state index in [1.165, 1.54) is 0 Å². The van der Waals surface area contributed by atoms with Gasteiger partial charge in [-0.25, -0.2) is 0 Å². The summed E-state index contributed by atoms with van der Waals surface area (Å²) < 4.78 is 0.990. The molecule has 98 valence electrons. The zero-order valence-electron chi connectivity index (χ0n) is 10.4. The topological polar surface area (TPSA) is 29.1 Å². The lowest BCUT2D eigenvalue weighted by molar-refractivity contribution is 0.0908. The van der Waals surface area contributed by atoms with E-state index in [9.17, 15) is 4.79 Å². The molecule has 1 saturated carbocycles. The van der Waals surface area contributed by atoms with Gasteiger partial charge in [0.25, 0.3) is 5.91 Å². The summed E-state index contributed by atoms with van der Waals surface area (Å²) in [6, 6.07) is 5.70. The molecule has 18 heavy (non-hydrogen) atoms. The van der Waals surface area contributed by atoms with Crippen LogP contribution in [0.5, 0.6) is 0 Å². The van der Waals surface area contributed by atoms with E-state index >= 15 is 0 Å². The number of amides is 1. The zero-order chi connectivity index (χ0) is 13.2. The molecule has 1 aromatic rings. The van der Waals surface area contributed by atoms with Crippen molar-refractivity contribution in [1.82, 2.24) is 5.32 Å². The van der Waals surface area contributed by atoms with E-state index in [0.29, 0.717) is 5.88 Å². The number of hydrogen-bond acceptors (Lipinski definition) is 1. The van der Waals surface area contributed by atoms with Crippen molar-refractivity contribution in [3.8, 4) is 0 Å². The summed E-state index contributed by atoms with van der Waals surface area (Å²) in [6.45, 7) is 1.95. The van der Waals surface area contributed by atoms with Crippen LogP contribution in [0.25, 0.3) is 0 Å². The van der Waals surface area contributed by atoms with Gasteiger partial charge in [-0.1, -0.05) is 28.8 Å². The second-order valence-corrected chi connectivity index (χ2v) is 6.22. The molecule has 2 nitrogen and oxygen atoms in total. The number of nitrogens with one attached hydrogen (secondary N) is 1. The van der Waals surface area contributed by atoms with Crippen molar-refractivity contribution in [3.05, 3.63) is 33.8 Å². The Labute approximate surface area is 121 Å². The van der Waals surface area contributed by atoms with E-state index in [1.807, 2.05) is 25.1 Å². The van der Waals surface area contributed by atoms with Gasteiger partial charge in [-0.15, -0.1) is 11.6 Å². The Morgan fingerprint density at radius 3 is 2.67 bits per heavy atom. The first-order chi connectivity index (χ1) is 8.56. The summed E-state index contributed by atoms with van der Waals surface area (Å²) in [5.41, 5.74) is 1.51. The highest BCUT2D eigenvalue weighted by atomic mass is 79.9. The summed E-state index contributed by atoms with van der Waals surface area (Å²) in [5.74, 6) is 0.483. The van der Waals surface area contributed by atoms with Gasteiger partial charge in [0.1, 0.15) is 0 Å². The van der Waals surface area contributed by atoms with E-state index < -0.39 is 0 Å². The quantitative estimate of drug-likeness (QED) is 0.833. The van der Waals surface area contributed by atoms with Crippen LogP contribution in [0.1, 0.15) is 41.6 Å². The van der Waals surface area contributed by atoms with Gasteiger partial charge in [0.05, 0.1) is 5.54 Å². The largest absolute Gasteiger partial charge is 0.345 e. The summed E-state index contributed by atoms with van der Waals surface area (Å²) >= 11 is 9.44. The van der Waals surface area contributed by atoms with Crippen LogP contribution in [0, 0.1) is 6.92 Å². The fraction of sp³-hybridized carbons (Fsp3) is 0.500. The van der Waals surface area contributed by atoms with E-state index in [1.54, 1.807) is 0 Å². The van der Waals surface area contributed by atoms with Crippen molar-refractivity contribution in [1.29, 1.82) is 0 Å². The van der Waals surface area contributed by atoms with Crippen molar-refractivity contribution < 1.29 is 4.79 Å². The van der Waals surface area contributed by atoms with Crippen molar-refractivity contribution in [2.45, 2.75) is 38.1 Å². The molecule has 1 amide bonds. The molecule has 1 N–H and O–H groups in total. The molecular formula is C14H17BrClNO. The third-order valence-corrected chi connectivity index (χ3v) is 4.63. The number of halogens is 2. The van der Waals surface area contributed by atoms with Crippen LogP contribution < -0.4 is 5.32 Å². The second-order valence-electron chi connectivity index (χ2n) is 5.03. The summed E-state index contributed by atoms with van der Waals surface area (Å²) in [4.78, 5) is 12.3. The second kappa shape index (κ2) is 5.62. The number of benzene rings is 1. The third kappa shape index (κ3) is 2.89. The average molecular weight is 331 g/mol. The molecule has 1 aliphatic carbocycles. The fourth-order valence-corrected chi connectivity index (χ4v) is 3.34. The number of carbonyl (C=O) groups excluding carboxylic acids is 1. The SMILES string of the molecule is Cc1cc(Br)ccc1C(=O)NC1(CCl)CCCC1. The van der Waals surface area contributed by atoms with Gasteiger partial charge >= 0.3 is 0 Å². The van der Waals surface area contributed by atoms with Crippen LogP contribution in [0.2, 0.25) is 0 Å². The number of rotatable bonds is 3. The van der Waals surface area contributed by atoms with Crippen molar-refractivity contribution >= 4 is 33.4 Å². The van der Waals surface area contributed by atoms with Crippen molar-refractivity contribution in [3.63, 3.8) is 0 Å². The zero-order valence-corrected chi connectivity index (χ0v) is 12.8. The standard InChI is InChI=1S/C14H17BrClNO/c1-10-8-11(15)4-5-12(10)13(18)17-14(9-16)6-2-3-7-14/h4-5,8H,2-3,6-7,9H2,1H3,(H,17,18). The lowest BCUT2D eigenvalue weighted by atomic mass is 9.99. The molecule has 0 spiro atoms. The predicted molar refractivity (Wildman–Crippen MR) is 78.3 cm³/mol. The van der Waals surface area contributed by atoms with E-state index in [-0.39, 0.29) is 11.4 Å². The maximum Gasteiger partial charge on any atom is 0.252 e. The Hall–Kier alpha value is -0.540. The third-order valence-electron chi connectivity index (χ3n) is 3.63. The minimum atomic E-state index is -0.196. The van der Waals surface area contributed by atoms with Crippen LogP contribution >= 0.6 is 27.5 Å². The molecule has 1 aromatic carbocycles. The highest BCUT2D eigenvalue weighted by Crippen LogP contribution is 2.31. The fourth-order valence-electron chi connectivity index (χ4n) is 2.53. The molecule has 0 bridgehead atoms. The highest BCUT2D eigenvalue weighted by Gasteiger charge is 2.34. The lowest BCUT2D eigenvalue weighted by Crippen LogP contribution is -2.48. The van der Waals surface area contributed by atoms with E-state index in [0.717, 1.165) is 41.3 Å². The molecule has 2 rings (SSSR count). The Balaban J connectivity index is 2.16. The summed E-state index contributed by atoms with van der Waals surface area (Å²) in [5, 5.41) is 3.13. The Morgan fingerprint density at radius 2 is 2.11 bits per heavy atom. The number of aryl methyl sites for hydroxylation is 1. The van der Waals surface area contributed by atoms with E-state index in [4.69, 9.17) is 11.6 Å². The molecule has 0 aromatic heterocycles. The molecule has 1 aliphatic rings. The van der Waals surface area contributed by atoms with Crippen LogP contribution in [-0.2, 0) is 0 Å². The molecule has 0 heterocycles. The van der Waals surface area contributed by atoms with Crippen LogP contribution in [0.15, 0.2) is 22.7 Å². The molecule has 0 saturated heterocycles. The maximum atomic E-state index is 12.3. The predicted octanol–water partition coefficient (Wildman–Crippen LogP) is 4.04. The smallest absolute Gasteiger partial charge is 0.252 e. The molecular weight excluding hydrogens is 314 g/mol. The minimum absolute atomic E-state index is 0.0115. The Morgan fingerprint density at radius 1 is 1.44 bits per heavy atom. The van der Waals surface area contributed by atoms with Crippen LogP contribution in [-0.4, -0.2) is 17.3 Å². The molecule has 0 aliphatic heterocycles. The normalized spacial score (nSPS) is 17.7. The van der Waals surface area contributed by atoms with Gasteiger partial charge in [0.2, 0.25) is 0 Å². The van der Waals surface area contributed by atoms with E-state index in [2.05, 4.69) is 21.2 Å². The summed E-state index contributed by atoms with van der Waals surface area (Å²) in [6.07, 6.45) is 4.26. The number of carbonyl (C=O) groups is 1. The average Bonchev–Trinajstić information content (AvgIpc) is 2.78. The van der Waals surface area contributed by atoms with Gasteiger partial charge < -0.3 is 5.32 Å². The van der Waals surface area contributed by atoms with Crippen molar-refractivity contribution in [2.75, 3.05) is 5.88 Å². The van der Waals surface area contributed by atoms with Crippen LogP contribution in [0.4, 0.5) is 0 Å². The molecule has 0 unspecified atom stereocenters. The van der Waals surface area contributed by atoms with Gasteiger partial charge in [0, 0.05) is 15.9 Å². The highest BCUT2D eigenvalue weighted by molar-refractivity contribution is 9.10. The van der Waals surface area contributed by atoms with Gasteiger partial charge in [0.15, 0.2) is 0 Å². The number of hydrogen-bond donors (Lipinski definition) is 1.